The van der Waals surface area contributed by atoms with Gasteiger partial charge in [-0.3, -0.25) is 4.98 Å². The Hall–Kier alpha value is -1.36. The molecule has 0 radical (unpaired) electrons. The maximum atomic E-state index is 5.50. The first-order valence-electron chi connectivity index (χ1n) is 4.26. The van der Waals surface area contributed by atoms with Crippen molar-refractivity contribution in [3.63, 3.8) is 0 Å². The average Bonchev–Trinajstić information content (AvgIpc) is 2.01. The van der Waals surface area contributed by atoms with Crippen molar-refractivity contribution >= 4 is 11.6 Å². The van der Waals surface area contributed by atoms with E-state index < -0.39 is 0 Å². The van der Waals surface area contributed by atoms with Crippen LogP contribution in [0.4, 0.5) is 11.6 Å². The van der Waals surface area contributed by atoms with Gasteiger partial charge in [-0.1, -0.05) is 0 Å². The Kier molecular flexibility index (Phi) is 2.02. The molecule has 0 atom stereocenters. The van der Waals surface area contributed by atoms with E-state index in [-0.39, 0.29) is 0 Å². The van der Waals surface area contributed by atoms with Gasteiger partial charge in [0.1, 0.15) is 11.6 Å². The molecule has 1 fully saturated rings. The van der Waals surface area contributed by atoms with Crippen LogP contribution in [0.2, 0.25) is 0 Å². The highest BCUT2D eigenvalue weighted by atomic mass is 15.2. The molecule has 1 aliphatic rings. The molecular weight excluding hydrogens is 166 g/mol. The van der Waals surface area contributed by atoms with Crippen molar-refractivity contribution in [3.8, 4) is 0 Å². The second-order valence-electron chi connectivity index (χ2n) is 3.39. The minimum atomic E-state index is 0.456. The third-order valence-electron chi connectivity index (χ3n) is 2.07. The van der Waals surface area contributed by atoms with Crippen LogP contribution in [0.25, 0.3) is 0 Å². The van der Waals surface area contributed by atoms with Crippen LogP contribution in [0.15, 0.2) is 12.4 Å². The van der Waals surface area contributed by atoms with Gasteiger partial charge in [-0.25, -0.2) is 4.98 Å². The third kappa shape index (κ3) is 1.86. The average molecular weight is 179 g/mol. The Bertz CT molecular complexity index is 294. The van der Waals surface area contributed by atoms with E-state index in [1.807, 2.05) is 0 Å². The molecule has 0 amide bonds. The van der Waals surface area contributed by atoms with E-state index in [9.17, 15) is 0 Å². The van der Waals surface area contributed by atoms with Gasteiger partial charge in [0, 0.05) is 13.1 Å². The summed E-state index contributed by atoms with van der Waals surface area (Å²) >= 11 is 0. The molecule has 5 nitrogen and oxygen atoms in total. The molecule has 5 heteroatoms. The summed E-state index contributed by atoms with van der Waals surface area (Å²) in [6.45, 7) is 2.10. The maximum Gasteiger partial charge on any atom is 0.147 e. The fraction of sp³-hybridized carbons (Fsp3) is 0.500. The van der Waals surface area contributed by atoms with Gasteiger partial charge in [-0.05, 0) is 7.05 Å². The summed E-state index contributed by atoms with van der Waals surface area (Å²) < 4.78 is 0. The number of nitrogens with two attached hydrogens (primary N) is 1. The molecule has 13 heavy (non-hydrogen) atoms. The van der Waals surface area contributed by atoms with Gasteiger partial charge in [0.15, 0.2) is 0 Å². The van der Waals surface area contributed by atoms with Crippen molar-refractivity contribution in [1.82, 2.24) is 14.9 Å². The number of anilines is 2. The van der Waals surface area contributed by atoms with Crippen LogP contribution in [-0.2, 0) is 0 Å². The molecule has 70 valence electrons. The van der Waals surface area contributed by atoms with E-state index in [2.05, 4.69) is 27.2 Å². The van der Waals surface area contributed by atoms with Crippen molar-refractivity contribution < 1.29 is 0 Å². The van der Waals surface area contributed by atoms with Crippen LogP contribution in [-0.4, -0.2) is 41.0 Å². The Labute approximate surface area is 77.0 Å². The van der Waals surface area contributed by atoms with Gasteiger partial charge >= 0.3 is 0 Å². The van der Waals surface area contributed by atoms with Crippen LogP contribution in [0, 0.1) is 0 Å². The summed E-state index contributed by atoms with van der Waals surface area (Å²) in [5.74, 6) is 1.22. The fourth-order valence-electron chi connectivity index (χ4n) is 1.45. The molecule has 0 spiro atoms. The molecule has 1 aliphatic heterocycles. The highest BCUT2D eigenvalue weighted by Gasteiger charge is 2.22. The smallest absolute Gasteiger partial charge is 0.147 e. The number of aromatic nitrogens is 2. The summed E-state index contributed by atoms with van der Waals surface area (Å²) in [5.41, 5.74) is 5.50. The standard InChI is InChI=1S/C8H13N5/c1-13-4-6(5-13)11-8-3-10-2-7(9)12-8/h2-3,6H,4-5H2,1H3,(H3,9,11,12). The summed E-state index contributed by atoms with van der Waals surface area (Å²) in [6.07, 6.45) is 3.23. The fourth-order valence-corrected chi connectivity index (χ4v) is 1.45. The lowest BCUT2D eigenvalue weighted by atomic mass is 10.1. The van der Waals surface area contributed by atoms with Crippen molar-refractivity contribution in [3.05, 3.63) is 12.4 Å². The normalized spacial score (nSPS) is 18.2. The Morgan fingerprint density at radius 2 is 2.31 bits per heavy atom. The predicted octanol–water partition coefficient (Wildman–Crippen LogP) is -0.215. The predicted molar refractivity (Wildman–Crippen MR) is 51.4 cm³/mol. The quantitative estimate of drug-likeness (QED) is 0.657. The lowest BCUT2D eigenvalue weighted by Crippen LogP contribution is -2.52. The molecule has 1 aromatic heterocycles. The van der Waals surface area contributed by atoms with Crippen LogP contribution in [0.3, 0.4) is 0 Å². The summed E-state index contributed by atoms with van der Waals surface area (Å²) in [5, 5.41) is 3.25. The Morgan fingerprint density at radius 3 is 2.92 bits per heavy atom. The number of nitrogens with zero attached hydrogens (tertiary/aromatic N) is 3. The summed E-state index contributed by atoms with van der Waals surface area (Å²) in [7, 11) is 2.09. The molecule has 1 saturated heterocycles. The van der Waals surface area contributed by atoms with Crippen molar-refractivity contribution in [2.45, 2.75) is 6.04 Å². The molecule has 0 unspecified atom stereocenters. The first-order chi connectivity index (χ1) is 6.24. The monoisotopic (exact) mass is 179 g/mol. The number of nitrogens with one attached hydrogen (secondary N) is 1. The van der Waals surface area contributed by atoms with Crippen LogP contribution >= 0.6 is 0 Å². The molecule has 0 saturated carbocycles. The number of nitrogen functional groups attached to an aromatic ring is 1. The molecule has 2 heterocycles. The van der Waals surface area contributed by atoms with E-state index in [4.69, 9.17) is 5.73 Å². The van der Waals surface area contributed by atoms with Crippen molar-refractivity contribution in [1.29, 1.82) is 0 Å². The molecular formula is C8H13N5. The topological polar surface area (TPSA) is 67.1 Å². The highest BCUT2D eigenvalue weighted by molar-refractivity contribution is 5.39. The second kappa shape index (κ2) is 3.18. The largest absolute Gasteiger partial charge is 0.382 e. The molecule has 2 rings (SSSR count). The lowest BCUT2D eigenvalue weighted by Gasteiger charge is -2.36. The zero-order chi connectivity index (χ0) is 9.26. The Morgan fingerprint density at radius 1 is 1.54 bits per heavy atom. The number of rotatable bonds is 2. The molecule has 1 aromatic rings. The SMILES string of the molecule is CN1CC(Nc2cncc(N)n2)C1. The van der Waals surface area contributed by atoms with E-state index in [1.165, 1.54) is 6.20 Å². The summed E-state index contributed by atoms with van der Waals surface area (Å²) in [4.78, 5) is 10.3. The molecule has 0 aliphatic carbocycles. The number of likely N-dealkylation sites (N-methyl/N-ethyl adjacent to an activating group) is 1. The molecule has 0 aromatic carbocycles. The van der Waals surface area contributed by atoms with Gasteiger partial charge in [0.25, 0.3) is 0 Å². The van der Waals surface area contributed by atoms with Gasteiger partial charge in [0.05, 0.1) is 18.4 Å². The maximum absolute atomic E-state index is 5.50. The first-order valence-corrected chi connectivity index (χ1v) is 4.26. The van der Waals surface area contributed by atoms with Crippen molar-refractivity contribution in [2.75, 3.05) is 31.2 Å². The zero-order valence-electron chi connectivity index (χ0n) is 7.57. The van der Waals surface area contributed by atoms with Crippen LogP contribution in [0.1, 0.15) is 0 Å². The van der Waals surface area contributed by atoms with Gasteiger partial charge in [-0.15, -0.1) is 0 Å². The van der Waals surface area contributed by atoms with Gasteiger partial charge < -0.3 is 16.0 Å². The number of hydrogen-bond donors (Lipinski definition) is 2. The van der Waals surface area contributed by atoms with Gasteiger partial charge in [-0.2, -0.15) is 0 Å². The van der Waals surface area contributed by atoms with Crippen LogP contribution in [0.5, 0.6) is 0 Å². The number of hydrogen-bond acceptors (Lipinski definition) is 5. The van der Waals surface area contributed by atoms with E-state index >= 15 is 0 Å². The highest BCUT2D eigenvalue weighted by Crippen LogP contribution is 2.11. The second-order valence-corrected chi connectivity index (χ2v) is 3.39. The summed E-state index contributed by atoms with van der Waals surface area (Å²) in [6, 6.07) is 0.487. The van der Waals surface area contributed by atoms with Crippen LogP contribution < -0.4 is 11.1 Å². The van der Waals surface area contributed by atoms with E-state index in [0.717, 1.165) is 18.9 Å². The number of likely N-dealkylation sites (tertiary alicyclic amines) is 1. The molecule has 3 N–H and O–H groups in total. The van der Waals surface area contributed by atoms with Gasteiger partial charge in [0.2, 0.25) is 0 Å². The Balaban J connectivity index is 1.94. The van der Waals surface area contributed by atoms with Crippen molar-refractivity contribution in [2.24, 2.45) is 0 Å². The molecule has 0 bridgehead atoms. The third-order valence-corrected chi connectivity index (χ3v) is 2.07. The lowest BCUT2D eigenvalue weighted by molar-refractivity contribution is 0.205. The van der Waals surface area contributed by atoms with E-state index in [1.54, 1.807) is 6.20 Å². The minimum Gasteiger partial charge on any atom is -0.382 e. The van der Waals surface area contributed by atoms with E-state index in [0.29, 0.717) is 11.9 Å². The minimum absolute atomic E-state index is 0.456. The first kappa shape index (κ1) is 8.25. The zero-order valence-corrected chi connectivity index (χ0v) is 7.57.